The van der Waals surface area contributed by atoms with Crippen LogP contribution in [0.2, 0.25) is 0 Å². The number of hydrogen-bond acceptors (Lipinski definition) is 3. The maximum absolute atomic E-state index is 13.0. The number of nitrogens with zero attached hydrogens (tertiary/aromatic N) is 2. The molecule has 0 radical (unpaired) electrons. The molecule has 1 N–H and O–H groups in total. The van der Waals surface area contributed by atoms with Crippen LogP contribution in [0.3, 0.4) is 0 Å². The van der Waals surface area contributed by atoms with Crippen LogP contribution in [0.4, 0.5) is 13.2 Å². The summed E-state index contributed by atoms with van der Waals surface area (Å²) in [6.07, 6.45) is 0.215. The van der Waals surface area contributed by atoms with Gasteiger partial charge in [0.1, 0.15) is 5.69 Å². The molecule has 3 rings (SSSR count). The Morgan fingerprint density at radius 3 is 2.65 bits per heavy atom. The van der Waals surface area contributed by atoms with Crippen molar-refractivity contribution < 1.29 is 18.0 Å². The highest BCUT2D eigenvalue weighted by Crippen LogP contribution is 2.37. The summed E-state index contributed by atoms with van der Waals surface area (Å²) in [6, 6.07) is 8.83. The molecule has 2 aromatic rings. The van der Waals surface area contributed by atoms with Crippen LogP contribution in [-0.2, 0) is 0 Å². The van der Waals surface area contributed by atoms with Crippen molar-refractivity contribution in [1.29, 1.82) is 0 Å². The number of halogens is 3. The van der Waals surface area contributed by atoms with Gasteiger partial charge in [-0.05, 0) is 37.7 Å². The topological polar surface area (TPSA) is 46.9 Å². The maximum atomic E-state index is 13.0. The molecule has 0 aliphatic heterocycles. The number of carbonyl (C=O) groups excluding carboxylic acids is 1. The highest BCUT2D eigenvalue weighted by molar-refractivity contribution is 7.98. The van der Waals surface area contributed by atoms with Gasteiger partial charge in [0.25, 0.3) is 5.91 Å². The van der Waals surface area contributed by atoms with E-state index in [0.29, 0.717) is 23.7 Å². The van der Waals surface area contributed by atoms with Crippen LogP contribution in [-0.4, -0.2) is 33.9 Å². The van der Waals surface area contributed by atoms with Gasteiger partial charge in [0.15, 0.2) is 5.16 Å². The molecular weight excluding hydrogens is 363 g/mol. The van der Waals surface area contributed by atoms with Gasteiger partial charge in [-0.25, -0.2) is 4.98 Å². The third-order valence-corrected chi connectivity index (χ3v) is 5.28. The van der Waals surface area contributed by atoms with Gasteiger partial charge in [-0.3, -0.25) is 9.36 Å². The summed E-state index contributed by atoms with van der Waals surface area (Å²) in [6.45, 7) is 0. The fraction of sp³-hybridized carbons (Fsp3) is 0.444. The summed E-state index contributed by atoms with van der Waals surface area (Å²) >= 11 is 1.40. The van der Waals surface area contributed by atoms with E-state index in [1.807, 2.05) is 36.6 Å². The van der Waals surface area contributed by atoms with Gasteiger partial charge in [0.2, 0.25) is 0 Å². The third-order valence-electron chi connectivity index (χ3n) is 4.63. The number of amides is 1. The zero-order valence-electron chi connectivity index (χ0n) is 14.3. The Hall–Kier alpha value is -1.96. The molecule has 0 saturated heterocycles. The van der Waals surface area contributed by atoms with Crippen molar-refractivity contribution in [3.63, 3.8) is 0 Å². The lowest BCUT2D eigenvalue weighted by Crippen LogP contribution is -2.42. The van der Waals surface area contributed by atoms with Gasteiger partial charge in [0.05, 0.1) is 12.1 Å². The average Bonchev–Trinajstić information content (AvgIpc) is 3.06. The summed E-state index contributed by atoms with van der Waals surface area (Å²) in [4.78, 5) is 17.0. The van der Waals surface area contributed by atoms with E-state index >= 15 is 0 Å². The molecule has 2 atom stereocenters. The Kier molecular flexibility index (Phi) is 5.60. The van der Waals surface area contributed by atoms with Crippen LogP contribution in [0, 0.1) is 5.92 Å². The van der Waals surface area contributed by atoms with Crippen LogP contribution in [0.25, 0.3) is 5.69 Å². The number of aromatic nitrogens is 2. The number of hydrogen-bond donors (Lipinski definition) is 1. The molecular formula is C18H20F3N3OS. The molecule has 1 aliphatic rings. The van der Waals surface area contributed by atoms with Crippen molar-refractivity contribution in [3.8, 4) is 5.69 Å². The van der Waals surface area contributed by atoms with E-state index in [1.54, 1.807) is 4.57 Å². The number of carbonyl (C=O) groups is 1. The highest BCUT2D eigenvalue weighted by atomic mass is 32.2. The average molecular weight is 383 g/mol. The molecule has 0 unspecified atom stereocenters. The standard InChI is InChI=1S/C18H20F3N3OS/c1-26-17-22-11-15(24(17)14-8-3-2-4-9-14)16(25)23-13-7-5-6-12(10-13)18(19,20)21/h2-4,8-9,11-13H,5-7,10H2,1H3,(H,23,25)/t12-,13-/m0/s1. The minimum absolute atomic E-state index is 0.0654. The normalized spacial score (nSPS) is 20.8. The number of imidazole rings is 1. The van der Waals surface area contributed by atoms with E-state index in [4.69, 9.17) is 0 Å². The van der Waals surface area contributed by atoms with Crippen molar-refractivity contribution in [2.45, 2.75) is 43.1 Å². The molecule has 1 amide bonds. The first-order valence-corrected chi connectivity index (χ1v) is 9.67. The molecule has 4 nitrogen and oxygen atoms in total. The highest BCUT2D eigenvalue weighted by Gasteiger charge is 2.42. The van der Waals surface area contributed by atoms with Gasteiger partial charge >= 0.3 is 6.18 Å². The van der Waals surface area contributed by atoms with E-state index in [1.165, 1.54) is 18.0 Å². The summed E-state index contributed by atoms with van der Waals surface area (Å²) in [5.74, 6) is -1.74. The molecule has 1 aliphatic carbocycles. The SMILES string of the molecule is CSc1ncc(C(=O)N[C@H]2CCC[C@H](C(F)(F)F)C2)n1-c1ccccc1. The van der Waals surface area contributed by atoms with E-state index in [-0.39, 0.29) is 12.8 Å². The molecule has 1 heterocycles. The lowest BCUT2D eigenvalue weighted by Gasteiger charge is -2.31. The van der Waals surface area contributed by atoms with E-state index in [2.05, 4.69) is 10.3 Å². The summed E-state index contributed by atoms with van der Waals surface area (Å²) in [5, 5.41) is 3.43. The first-order valence-electron chi connectivity index (χ1n) is 8.45. The summed E-state index contributed by atoms with van der Waals surface area (Å²) in [5.41, 5.74) is 1.12. The Morgan fingerprint density at radius 1 is 1.27 bits per heavy atom. The van der Waals surface area contributed by atoms with E-state index in [0.717, 1.165) is 5.69 Å². The molecule has 1 aromatic carbocycles. The monoisotopic (exact) mass is 383 g/mol. The Balaban J connectivity index is 1.80. The molecule has 1 saturated carbocycles. The molecule has 1 fully saturated rings. The van der Waals surface area contributed by atoms with Gasteiger partial charge in [-0.15, -0.1) is 0 Å². The largest absolute Gasteiger partial charge is 0.391 e. The smallest absolute Gasteiger partial charge is 0.348 e. The van der Waals surface area contributed by atoms with Crippen molar-refractivity contribution >= 4 is 17.7 Å². The van der Waals surface area contributed by atoms with Gasteiger partial charge < -0.3 is 5.32 Å². The Labute approximate surface area is 154 Å². The minimum Gasteiger partial charge on any atom is -0.348 e. The second-order valence-corrected chi connectivity index (χ2v) is 7.15. The Morgan fingerprint density at radius 2 is 2.00 bits per heavy atom. The number of rotatable bonds is 4. The van der Waals surface area contributed by atoms with Crippen molar-refractivity contribution in [2.75, 3.05) is 6.26 Å². The second-order valence-electron chi connectivity index (χ2n) is 6.38. The van der Waals surface area contributed by atoms with Crippen LogP contribution < -0.4 is 5.32 Å². The number of alkyl halides is 3. The van der Waals surface area contributed by atoms with Crippen molar-refractivity contribution in [3.05, 3.63) is 42.2 Å². The molecule has 1 aromatic heterocycles. The third kappa shape index (κ3) is 4.06. The number of nitrogens with one attached hydrogen (secondary N) is 1. The van der Waals surface area contributed by atoms with Crippen LogP contribution in [0.5, 0.6) is 0 Å². The van der Waals surface area contributed by atoms with Crippen LogP contribution in [0.1, 0.15) is 36.2 Å². The van der Waals surface area contributed by atoms with Crippen molar-refractivity contribution in [2.24, 2.45) is 5.92 Å². The second kappa shape index (κ2) is 7.73. The fourth-order valence-corrected chi connectivity index (χ4v) is 3.89. The number of thioether (sulfide) groups is 1. The predicted octanol–water partition coefficient (Wildman–Crippen LogP) is 4.45. The lowest BCUT2D eigenvalue weighted by molar-refractivity contribution is -0.183. The summed E-state index contributed by atoms with van der Waals surface area (Å²) in [7, 11) is 0. The quantitative estimate of drug-likeness (QED) is 0.794. The summed E-state index contributed by atoms with van der Waals surface area (Å²) < 4.78 is 40.7. The first-order chi connectivity index (χ1) is 12.4. The number of para-hydroxylation sites is 1. The Bertz CT molecular complexity index is 761. The van der Waals surface area contributed by atoms with Crippen LogP contribution >= 0.6 is 11.8 Å². The van der Waals surface area contributed by atoms with Gasteiger partial charge in [0, 0.05) is 11.7 Å². The zero-order valence-corrected chi connectivity index (χ0v) is 15.1. The molecule has 8 heteroatoms. The maximum Gasteiger partial charge on any atom is 0.391 e. The number of benzene rings is 1. The molecule has 0 spiro atoms. The lowest BCUT2D eigenvalue weighted by atomic mass is 9.85. The van der Waals surface area contributed by atoms with E-state index < -0.39 is 24.0 Å². The van der Waals surface area contributed by atoms with Gasteiger partial charge in [-0.2, -0.15) is 13.2 Å². The van der Waals surface area contributed by atoms with Crippen molar-refractivity contribution in [1.82, 2.24) is 14.9 Å². The van der Waals surface area contributed by atoms with E-state index in [9.17, 15) is 18.0 Å². The zero-order chi connectivity index (χ0) is 18.7. The van der Waals surface area contributed by atoms with Gasteiger partial charge in [-0.1, -0.05) is 36.4 Å². The minimum atomic E-state index is -4.21. The fourth-order valence-electron chi connectivity index (χ4n) is 3.34. The van der Waals surface area contributed by atoms with Crippen LogP contribution in [0.15, 0.2) is 41.7 Å². The molecule has 140 valence electrons. The first kappa shape index (κ1) is 18.8. The molecule has 0 bridgehead atoms. The predicted molar refractivity (Wildman–Crippen MR) is 94.6 cm³/mol. The molecule has 26 heavy (non-hydrogen) atoms.